The van der Waals surface area contributed by atoms with E-state index in [1.54, 1.807) is 0 Å². The molecule has 0 bridgehead atoms. The molecule has 0 aromatic carbocycles. The second kappa shape index (κ2) is 6.55. The van der Waals surface area contributed by atoms with Gasteiger partial charge in [-0.1, -0.05) is 26.2 Å². The standard InChI is InChI=1S/C15H25F3N2O/c1-14(7-3-2-4-8-14)13(21)20(11-15(16,17)18)12-5-9-19-10-6-12/h12,19H,2-11H2,1H3. The van der Waals surface area contributed by atoms with Crippen LogP contribution in [-0.2, 0) is 4.79 Å². The molecule has 2 aliphatic rings. The van der Waals surface area contributed by atoms with Crippen molar-refractivity contribution in [1.29, 1.82) is 0 Å². The Morgan fingerprint density at radius 1 is 1.19 bits per heavy atom. The van der Waals surface area contributed by atoms with Crippen molar-refractivity contribution in [2.45, 2.75) is 64.1 Å². The lowest BCUT2D eigenvalue weighted by molar-refractivity contribution is -0.174. The summed E-state index contributed by atoms with van der Waals surface area (Å²) in [7, 11) is 0. The molecule has 0 unspecified atom stereocenters. The third kappa shape index (κ3) is 4.34. The Hall–Kier alpha value is -0.780. The Morgan fingerprint density at radius 2 is 1.76 bits per heavy atom. The van der Waals surface area contributed by atoms with Gasteiger partial charge in [0.15, 0.2) is 0 Å². The maximum Gasteiger partial charge on any atom is 0.406 e. The van der Waals surface area contributed by atoms with Gasteiger partial charge in [-0.25, -0.2) is 0 Å². The van der Waals surface area contributed by atoms with E-state index in [1.807, 2.05) is 6.92 Å². The summed E-state index contributed by atoms with van der Waals surface area (Å²) in [5, 5.41) is 3.14. The number of carbonyl (C=O) groups excluding carboxylic acids is 1. The van der Waals surface area contributed by atoms with Crippen molar-refractivity contribution in [2.24, 2.45) is 5.41 Å². The zero-order valence-corrected chi connectivity index (χ0v) is 12.6. The molecule has 2 fully saturated rings. The van der Waals surface area contributed by atoms with Gasteiger partial charge in [0.05, 0.1) is 0 Å². The molecule has 0 radical (unpaired) electrons. The lowest BCUT2D eigenvalue weighted by Crippen LogP contribution is -2.54. The van der Waals surface area contributed by atoms with Gasteiger partial charge in [-0.2, -0.15) is 13.2 Å². The topological polar surface area (TPSA) is 32.3 Å². The lowest BCUT2D eigenvalue weighted by Gasteiger charge is -2.42. The molecule has 1 saturated heterocycles. The summed E-state index contributed by atoms with van der Waals surface area (Å²) in [4.78, 5) is 13.9. The van der Waals surface area contributed by atoms with Gasteiger partial charge >= 0.3 is 6.18 Å². The van der Waals surface area contributed by atoms with Crippen LogP contribution in [0.1, 0.15) is 51.9 Å². The van der Waals surface area contributed by atoms with Gasteiger partial charge in [-0.05, 0) is 38.8 Å². The van der Waals surface area contributed by atoms with E-state index in [-0.39, 0.29) is 11.9 Å². The van der Waals surface area contributed by atoms with Gasteiger partial charge in [-0.15, -0.1) is 0 Å². The minimum atomic E-state index is -4.33. The summed E-state index contributed by atoms with van der Waals surface area (Å²) in [6.07, 6.45) is 1.27. The van der Waals surface area contributed by atoms with E-state index in [2.05, 4.69) is 5.32 Å². The number of nitrogens with one attached hydrogen (secondary N) is 1. The van der Waals surface area contributed by atoms with Crippen LogP contribution in [0.3, 0.4) is 0 Å². The quantitative estimate of drug-likeness (QED) is 0.869. The van der Waals surface area contributed by atoms with Gasteiger partial charge < -0.3 is 10.2 Å². The first-order valence-electron chi connectivity index (χ1n) is 7.90. The van der Waals surface area contributed by atoms with E-state index in [9.17, 15) is 18.0 Å². The highest BCUT2D eigenvalue weighted by atomic mass is 19.4. The van der Waals surface area contributed by atoms with Crippen LogP contribution in [0.2, 0.25) is 0 Å². The molecule has 0 atom stereocenters. The van der Waals surface area contributed by atoms with Crippen LogP contribution < -0.4 is 5.32 Å². The summed E-state index contributed by atoms with van der Waals surface area (Å²) in [5.41, 5.74) is -0.603. The molecule has 122 valence electrons. The summed E-state index contributed by atoms with van der Waals surface area (Å²) >= 11 is 0. The van der Waals surface area contributed by atoms with Gasteiger partial charge in [0.1, 0.15) is 6.54 Å². The SMILES string of the molecule is CC1(C(=O)N(CC(F)(F)F)C2CCNCC2)CCCCC1. The maximum absolute atomic E-state index is 12.9. The van der Waals surface area contributed by atoms with E-state index >= 15 is 0 Å². The number of amides is 1. The largest absolute Gasteiger partial charge is 0.406 e. The minimum absolute atomic E-state index is 0.279. The molecule has 0 aromatic heterocycles. The molecule has 1 saturated carbocycles. The Balaban J connectivity index is 2.14. The van der Waals surface area contributed by atoms with Gasteiger partial charge in [0, 0.05) is 11.5 Å². The van der Waals surface area contributed by atoms with Crippen LogP contribution in [0, 0.1) is 5.41 Å². The Morgan fingerprint density at radius 3 is 2.29 bits per heavy atom. The number of hydrogen-bond donors (Lipinski definition) is 1. The minimum Gasteiger partial charge on any atom is -0.330 e. The zero-order valence-electron chi connectivity index (χ0n) is 12.6. The predicted molar refractivity (Wildman–Crippen MR) is 74.9 cm³/mol. The molecule has 21 heavy (non-hydrogen) atoms. The van der Waals surface area contributed by atoms with Gasteiger partial charge in [-0.3, -0.25) is 4.79 Å². The van der Waals surface area contributed by atoms with Crippen molar-refractivity contribution >= 4 is 5.91 Å². The summed E-state index contributed by atoms with van der Waals surface area (Å²) in [5.74, 6) is -0.286. The van der Waals surface area contributed by atoms with E-state index in [0.29, 0.717) is 38.8 Å². The molecular weight excluding hydrogens is 281 g/mol. The van der Waals surface area contributed by atoms with Crippen LogP contribution >= 0.6 is 0 Å². The first-order chi connectivity index (χ1) is 9.82. The second-order valence-electron chi connectivity index (χ2n) is 6.65. The molecule has 0 aromatic rings. The molecule has 1 aliphatic heterocycles. The van der Waals surface area contributed by atoms with Crippen LogP contribution in [0.4, 0.5) is 13.2 Å². The number of carbonyl (C=O) groups is 1. The molecule has 1 N–H and O–H groups in total. The second-order valence-corrected chi connectivity index (χ2v) is 6.65. The monoisotopic (exact) mass is 306 g/mol. The third-order valence-electron chi connectivity index (χ3n) is 4.83. The van der Waals surface area contributed by atoms with Crippen LogP contribution in [0.15, 0.2) is 0 Å². The Kier molecular flexibility index (Phi) is 5.17. The van der Waals surface area contributed by atoms with Crippen molar-refractivity contribution in [3.63, 3.8) is 0 Å². The molecule has 2 rings (SSSR count). The average Bonchev–Trinajstić information content (AvgIpc) is 2.45. The van der Waals surface area contributed by atoms with Crippen LogP contribution in [0.25, 0.3) is 0 Å². The van der Waals surface area contributed by atoms with Gasteiger partial charge in [0.25, 0.3) is 0 Å². The van der Waals surface area contributed by atoms with E-state index < -0.39 is 18.1 Å². The van der Waals surface area contributed by atoms with Crippen molar-refractivity contribution in [3.05, 3.63) is 0 Å². The maximum atomic E-state index is 12.9. The van der Waals surface area contributed by atoms with Crippen molar-refractivity contribution < 1.29 is 18.0 Å². The van der Waals surface area contributed by atoms with E-state index in [0.717, 1.165) is 24.2 Å². The van der Waals surface area contributed by atoms with Gasteiger partial charge in [0.2, 0.25) is 5.91 Å². The van der Waals surface area contributed by atoms with Crippen LogP contribution in [0.5, 0.6) is 0 Å². The third-order valence-corrected chi connectivity index (χ3v) is 4.83. The fourth-order valence-electron chi connectivity index (χ4n) is 3.57. The molecule has 1 amide bonds. The first-order valence-corrected chi connectivity index (χ1v) is 7.90. The summed E-state index contributed by atoms with van der Waals surface area (Å²) in [6.45, 7) is 2.11. The molecule has 0 spiro atoms. The number of halogens is 3. The average molecular weight is 306 g/mol. The molecule has 1 aliphatic carbocycles. The lowest BCUT2D eigenvalue weighted by atomic mass is 9.74. The first kappa shape index (κ1) is 16.6. The highest BCUT2D eigenvalue weighted by Gasteiger charge is 2.44. The molecular formula is C15H25F3N2O. The summed E-state index contributed by atoms with van der Waals surface area (Å²) in [6, 6.07) is -0.279. The number of alkyl halides is 3. The van der Waals surface area contributed by atoms with Crippen molar-refractivity contribution in [2.75, 3.05) is 19.6 Å². The fourth-order valence-corrected chi connectivity index (χ4v) is 3.57. The Labute approximate surface area is 124 Å². The van der Waals surface area contributed by atoms with Crippen LogP contribution in [-0.4, -0.2) is 42.7 Å². The van der Waals surface area contributed by atoms with Crippen molar-refractivity contribution in [1.82, 2.24) is 10.2 Å². The predicted octanol–water partition coefficient (Wildman–Crippen LogP) is 3.10. The highest BCUT2D eigenvalue weighted by Crippen LogP contribution is 2.39. The molecule has 6 heteroatoms. The molecule has 1 heterocycles. The van der Waals surface area contributed by atoms with E-state index in [4.69, 9.17) is 0 Å². The Bertz CT molecular complexity index is 358. The van der Waals surface area contributed by atoms with Crippen molar-refractivity contribution in [3.8, 4) is 0 Å². The molecule has 3 nitrogen and oxygen atoms in total. The number of hydrogen-bond acceptors (Lipinski definition) is 2. The number of nitrogens with zero attached hydrogens (tertiary/aromatic N) is 1. The highest BCUT2D eigenvalue weighted by molar-refractivity contribution is 5.82. The summed E-state index contributed by atoms with van der Waals surface area (Å²) < 4.78 is 38.7. The number of piperidine rings is 1. The number of rotatable bonds is 3. The fraction of sp³-hybridized carbons (Fsp3) is 0.933. The normalized spacial score (nSPS) is 23.8. The van der Waals surface area contributed by atoms with E-state index in [1.165, 1.54) is 0 Å². The zero-order chi connectivity index (χ0) is 15.5. The smallest absolute Gasteiger partial charge is 0.330 e.